The molecule has 5 rings (SSSR count). The lowest BCUT2D eigenvalue weighted by atomic mass is 10.0. The number of nitrogen functional groups attached to an aromatic ring is 1. The van der Waals surface area contributed by atoms with Gasteiger partial charge in [-0.15, -0.1) is 0 Å². The molecule has 3 aromatic heterocycles. The van der Waals surface area contributed by atoms with Crippen LogP contribution < -0.4 is 20.5 Å². The fourth-order valence-electron chi connectivity index (χ4n) is 4.19. The molecule has 2 aromatic carbocycles. The summed E-state index contributed by atoms with van der Waals surface area (Å²) in [7, 11) is 3.28. The summed E-state index contributed by atoms with van der Waals surface area (Å²) in [6.07, 6.45) is 5.36. The molecule has 5 N–H and O–H groups in total. The van der Waals surface area contributed by atoms with E-state index in [1.54, 1.807) is 20.4 Å². The average Bonchev–Trinajstić information content (AvgIpc) is 3.38. The fraction of sp³-hybridized carbons (Fsp3) is 0.200. The Kier molecular flexibility index (Phi) is 5.26. The van der Waals surface area contributed by atoms with Crippen LogP contribution in [0, 0.1) is 6.92 Å². The Morgan fingerprint density at radius 1 is 0.970 bits per heavy atom. The normalized spacial score (nSPS) is 11.2. The molecule has 0 fully saturated rings. The number of hydrogen-bond donors (Lipinski definition) is 4. The molecule has 0 saturated heterocycles. The molecule has 0 atom stereocenters. The number of hydrogen-bond acceptors (Lipinski definition) is 6. The highest BCUT2D eigenvalue weighted by atomic mass is 16.5. The number of fused-ring (bicyclic) bond motifs is 2. The molecule has 0 saturated carbocycles. The number of aromatic nitrogens is 4. The largest absolute Gasteiger partial charge is 0.493 e. The van der Waals surface area contributed by atoms with Gasteiger partial charge in [0.1, 0.15) is 5.82 Å². The van der Waals surface area contributed by atoms with Crippen LogP contribution in [0.2, 0.25) is 0 Å². The van der Waals surface area contributed by atoms with Crippen LogP contribution in [0.5, 0.6) is 11.5 Å². The molecule has 8 heteroatoms. The summed E-state index contributed by atoms with van der Waals surface area (Å²) < 4.78 is 10.9. The van der Waals surface area contributed by atoms with Crippen LogP contribution in [0.3, 0.4) is 0 Å². The molecule has 3 heterocycles. The first-order valence-corrected chi connectivity index (χ1v) is 10.7. The Morgan fingerprint density at radius 2 is 1.76 bits per heavy atom. The standard InChI is InChI=1S/C25H26N6O2/c1-14-8-17-9-18(6-7-20(17)29-14)30-24-16(13-28-25(26)31-24)5-4-15-12-27-21-11-23(33-3)22(32-2)10-19(15)21/h6-13,27,29H,4-5H2,1-3H3,(H3,26,28,30,31). The maximum Gasteiger partial charge on any atom is 0.221 e. The van der Waals surface area contributed by atoms with Gasteiger partial charge in [0.05, 0.1) is 14.2 Å². The van der Waals surface area contributed by atoms with Crippen molar-refractivity contribution < 1.29 is 9.47 Å². The summed E-state index contributed by atoms with van der Waals surface area (Å²) in [5.41, 5.74) is 12.3. The van der Waals surface area contributed by atoms with E-state index in [0.717, 1.165) is 51.6 Å². The minimum Gasteiger partial charge on any atom is -0.493 e. The maximum atomic E-state index is 5.90. The van der Waals surface area contributed by atoms with E-state index in [4.69, 9.17) is 15.2 Å². The average molecular weight is 443 g/mol. The lowest BCUT2D eigenvalue weighted by Crippen LogP contribution is -2.05. The van der Waals surface area contributed by atoms with Crippen molar-refractivity contribution >= 4 is 39.3 Å². The van der Waals surface area contributed by atoms with Crippen molar-refractivity contribution in [1.29, 1.82) is 0 Å². The number of aryl methyl sites for hydroxylation is 3. The summed E-state index contributed by atoms with van der Waals surface area (Å²) in [6.45, 7) is 2.05. The Morgan fingerprint density at radius 3 is 2.58 bits per heavy atom. The Hall–Kier alpha value is -4.20. The van der Waals surface area contributed by atoms with Crippen molar-refractivity contribution in [3.05, 3.63) is 65.6 Å². The van der Waals surface area contributed by atoms with E-state index in [2.05, 4.69) is 43.5 Å². The lowest BCUT2D eigenvalue weighted by Gasteiger charge is -2.12. The molecule has 0 radical (unpaired) electrons. The van der Waals surface area contributed by atoms with Crippen LogP contribution in [0.1, 0.15) is 16.8 Å². The number of ether oxygens (including phenoxy) is 2. The number of anilines is 3. The van der Waals surface area contributed by atoms with E-state index >= 15 is 0 Å². The zero-order chi connectivity index (χ0) is 22.9. The third-order valence-electron chi connectivity index (χ3n) is 5.84. The predicted molar refractivity (Wildman–Crippen MR) is 132 cm³/mol. The second-order valence-electron chi connectivity index (χ2n) is 8.05. The van der Waals surface area contributed by atoms with E-state index in [1.807, 2.05) is 31.3 Å². The molecule has 0 aliphatic rings. The molecular weight excluding hydrogens is 416 g/mol. The number of nitrogens with one attached hydrogen (secondary N) is 3. The van der Waals surface area contributed by atoms with Gasteiger partial charge in [0.15, 0.2) is 11.5 Å². The highest BCUT2D eigenvalue weighted by molar-refractivity contribution is 5.87. The van der Waals surface area contributed by atoms with Crippen molar-refractivity contribution in [3.8, 4) is 11.5 Å². The van der Waals surface area contributed by atoms with Crippen molar-refractivity contribution in [2.45, 2.75) is 19.8 Å². The Labute approximate surface area is 191 Å². The summed E-state index contributed by atoms with van der Waals surface area (Å²) >= 11 is 0. The van der Waals surface area contributed by atoms with Crippen LogP contribution in [-0.2, 0) is 12.8 Å². The second-order valence-corrected chi connectivity index (χ2v) is 8.05. The van der Waals surface area contributed by atoms with Crippen molar-refractivity contribution in [3.63, 3.8) is 0 Å². The topological polar surface area (TPSA) is 114 Å². The SMILES string of the molecule is COc1cc2[nH]cc(CCc3cnc(N)nc3Nc3ccc4[nH]c(C)cc4c3)c2cc1OC. The van der Waals surface area contributed by atoms with Gasteiger partial charge in [-0.3, -0.25) is 0 Å². The second kappa shape index (κ2) is 8.38. The molecule has 168 valence electrons. The van der Waals surface area contributed by atoms with E-state index < -0.39 is 0 Å². The van der Waals surface area contributed by atoms with E-state index in [-0.39, 0.29) is 5.95 Å². The molecule has 33 heavy (non-hydrogen) atoms. The monoisotopic (exact) mass is 442 g/mol. The number of rotatable bonds is 7. The minimum absolute atomic E-state index is 0.240. The van der Waals surface area contributed by atoms with Crippen molar-refractivity contribution in [1.82, 2.24) is 19.9 Å². The van der Waals surface area contributed by atoms with E-state index in [1.165, 1.54) is 5.56 Å². The summed E-state index contributed by atoms with van der Waals surface area (Å²) in [4.78, 5) is 15.4. The molecule has 0 spiro atoms. The van der Waals surface area contributed by atoms with Crippen LogP contribution in [-0.4, -0.2) is 34.2 Å². The van der Waals surface area contributed by atoms with E-state index in [9.17, 15) is 0 Å². The van der Waals surface area contributed by atoms with Gasteiger partial charge in [-0.25, -0.2) is 4.98 Å². The van der Waals surface area contributed by atoms with Gasteiger partial charge < -0.3 is 30.5 Å². The van der Waals surface area contributed by atoms with Crippen LogP contribution in [0.4, 0.5) is 17.5 Å². The number of methoxy groups -OCH3 is 2. The van der Waals surface area contributed by atoms with Gasteiger partial charge in [-0.1, -0.05) is 0 Å². The zero-order valence-corrected chi connectivity index (χ0v) is 18.8. The molecule has 0 bridgehead atoms. The lowest BCUT2D eigenvalue weighted by molar-refractivity contribution is 0.356. The van der Waals surface area contributed by atoms with Gasteiger partial charge in [-0.05, 0) is 55.7 Å². The zero-order valence-electron chi connectivity index (χ0n) is 18.8. The summed E-state index contributed by atoms with van der Waals surface area (Å²) in [6, 6.07) is 12.3. The van der Waals surface area contributed by atoms with Crippen molar-refractivity contribution in [2.75, 3.05) is 25.3 Å². The minimum atomic E-state index is 0.240. The number of nitrogens with two attached hydrogens (primary N) is 1. The molecular formula is C25H26N6O2. The highest BCUT2D eigenvalue weighted by Gasteiger charge is 2.13. The number of nitrogens with zero attached hydrogens (tertiary/aromatic N) is 2. The first kappa shape index (κ1) is 20.7. The molecule has 5 aromatic rings. The number of aromatic amines is 2. The first-order valence-electron chi connectivity index (χ1n) is 10.7. The van der Waals surface area contributed by atoms with Crippen LogP contribution in [0.25, 0.3) is 21.8 Å². The predicted octanol–water partition coefficient (Wildman–Crippen LogP) is 4.88. The van der Waals surface area contributed by atoms with Crippen LogP contribution in [0.15, 0.2) is 48.8 Å². The van der Waals surface area contributed by atoms with Gasteiger partial charge >= 0.3 is 0 Å². The number of benzene rings is 2. The van der Waals surface area contributed by atoms with Crippen LogP contribution >= 0.6 is 0 Å². The van der Waals surface area contributed by atoms with Gasteiger partial charge in [0.25, 0.3) is 0 Å². The molecule has 0 amide bonds. The van der Waals surface area contributed by atoms with Gasteiger partial charge in [0.2, 0.25) is 5.95 Å². The Balaban J connectivity index is 1.41. The summed E-state index contributed by atoms with van der Waals surface area (Å²) in [5, 5.41) is 5.67. The third-order valence-corrected chi connectivity index (χ3v) is 5.84. The van der Waals surface area contributed by atoms with Gasteiger partial charge in [-0.2, -0.15) is 4.98 Å². The number of H-pyrrole nitrogens is 2. The summed E-state index contributed by atoms with van der Waals surface area (Å²) in [5.74, 6) is 2.36. The van der Waals surface area contributed by atoms with Crippen molar-refractivity contribution in [2.24, 2.45) is 0 Å². The highest BCUT2D eigenvalue weighted by Crippen LogP contribution is 2.34. The first-order chi connectivity index (χ1) is 16.0. The quantitative estimate of drug-likeness (QED) is 0.286. The smallest absolute Gasteiger partial charge is 0.221 e. The third kappa shape index (κ3) is 4.03. The molecule has 0 aliphatic carbocycles. The molecule has 8 nitrogen and oxygen atoms in total. The van der Waals surface area contributed by atoms with Gasteiger partial charge in [0, 0.05) is 57.2 Å². The fourth-order valence-corrected chi connectivity index (χ4v) is 4.19. The maximum absolute atomic E-state index is 5.90. The molecule has 0 aliphatic heterocycles. The van der Waals surface area contributed by atoms with E-state index in [0.29, 0.717) is 17.3 Å². The molecule has 0 unspecified atom stereocenters. The Bertz CT molecular complexity index is 1450.